The number of thiazole rings is 1. The smallest absolute Gasteiger partial charge is 0.156 e. The third-order valence-electron chi connectivity index (χ3n) is 2.99. The van der Waals surface area contributed by atoms with E-state index < -0.39 is 0 Å². The second-order valence-corrected chi connectivity index (χ2v) is 5.56. The first-order valence-electron chi connectivity index (χ1n) is 6.15. The summed E-state index contributed by atoms with van der Waals surface area (Å²) >= 11 is 7.88. The lowest BCUT2D eigenvalue weighted by Gasteiger charge is -2.06. The Kier molecular flexibility index (Phi) is 3.72. The van der Waals surface area contributed by atoms with Gasteiger partial charge in [0.05, 0.1) is 11.2 Å². The number of halogens is 1. The first kappa shape index (κ1) is 13.8. The van der Waals surface area contributed by atoms with E-state index in [0.717, 1.165) is 21.8 Å². The van der Waals surface area contributed by atoms with Crippen molar-refractivity contribution in [3.63, 3.8) is 0 Å². The summed E-state index contributed by atoms with van der Waals surface area (Å²) in [4.78, 5) is 12.7. The van der Waals surface area contributed by atoms with Gasteiger partial charge in [-0.1, -0.05) is 11.6 Å². The first-order chi connectivity index (χ1) is 10.2. The molecule has 0 aliphatic heterocycles. The standard InChI is InChI=1S/C14H12ClN5S/c1-17-6-10(5-16)9-4-11(15)13-19-7-12(20(13)8-9)14-18-2-3-21-14/h2-8H,16H2,1H3. The van der Waals surface area contributed by atoms with Gasteiger partial charge in [-0.3, -0.25) is 9.39 Å². The molecule has 3 rings (SSSR count). The van der Waals surface area contributed by atoms with Crippen LogP contribution in [0.5, 0.6) is 0 Å². The number of fused-ring (bicyclic) bond motifs is 1. The Labute approximate surface area is 130 Å². The van der Waals surface area contributed by atoms with Crippen molar-refractivity contribution in [1.82, 2.24) is 14.4 Å². The van der Waals surface area contributed by atoms with Crippen molar-refractivity contribution in [2.75, 3.05) is 7.05 Å². The topological polar surface area (TPSA) is 68.6 Å². The SMILES string of the molecule is CN=CC(=CN)c1cc(Cl)c2ncc(-c3nccs3)n2c1. The zero-order valence-corrected chi connectivity index (χ0v) is 12.8. The van der Waals surface area contributed by atoms with Crippen molar-refractivity contribution in [1.29, 1.82) is 0 Å². The van der Waals surface area contributed by atoms with Crippen molar-refractivity contribution in [3.8, 4) is 10.7 Å². The molecule has 0 aliphatic carbocycles. The molecule has 3 aromatic rings. The lowest BCUT2D eigenvalue weighted by Crippen LogP contribution is -1.96. The minimum atomic E-state index is 0.555. The number of hydrogen-bond donors (Lipinski definition) is 1. The highest BCUT2D eigenvalue weighted by Gasteiger charge is 2.12. The van der Waals surface area contributed by atoms with Gasteiger partial charge < -0.3 is 5.73 Å². The third kappa shape index (κ3) is 2.43. The zero-order chi connectivity index (χ0) is 14.8. The number of rotatable bonds is 3. The van der Waals surface area contributed by atoms with E-state index in [1.165, 1.54) is 6.20 Å². The maximum atomic E-state index is 6.33. The van der Waals surface area contributed by atoms with Crippen LogP contribution in [0.15, 0.2) is 41.2 Å². The van der Waals surface area contributed by atoms with Crippen LogP contribution in [0.1, 0.15) is 5.56 Å². The number of aliphatic imine (C=N–C) groups is 1. The molecule has 0 aliphatic rings. The number of allylic oxidation sites excluding steroid dienone is 1. The van der Waals surface area contributed by atoms with E-state index >= 15 is 0 Å². The van der Waals surface area contributed by atoms with E-state index in [2.05, 4.69) is 15.0 Å². The summed E-state index contributed by atoms with van der Waals surface area (Å²) in [6, 6.07) is 1.83. The van der Waals surface area contributed by atoms with E-state index in [-0.39, 0.29) is 0 Å². The molecular weight excluding hydrogens is 306 g/mol. The molecule has 0 fully saturated rings. The van der Waals surface area contributed by atoms with Crippen LogP contribution in [0.2, 0.25) is 5.02 Å². The molecule has 21 heavy (non-hydrogen) atoms. The number of aromatic nitrogens is 3. The van der Waals surface area contributed by atoms with Gasteiger partial charge in [0.2, 0.25) is 0 Å². The molecule has 7 heteroatoms. The van der Waals surface area contributed by atoms with E-state index in [9.17, 15) is 0 Å². The van der Waals surface area contributed by atoms with Gasteiger partial charge in [0.1, 0.15) is 10.7 Å². The predicted octanol–water partition coefficient (Wildman–Crippen LogP) is 3.11. The van der Waals surface area contributed by atoms with Gasteiger partial charge in [0.25, 0.3) is 0 Å². The summed E-state index contributed by atoms with van der Waals surface area (Å²) in [5.41, 5.74) is 8.91. The Morgan fingerprint density at radius 2 is 2.33 bits per heavy atom. The van der Waals surface area contributed by atoms with Crippen molar-refractivity contribution in [2.24, 2.45) is 10.7 Å². The molecule has 3 heterocycles. The summed E-state index contributed by atoms with van der Waals surface area (Å²) in [6.07, 6.45) is 8.66. The number of pyridine rings is 1. The second-order valence-electron chi connectivity index (χ2n) is 4.26. The Morgan fingerprint density at radius 1 is 1.48 bits per heavy atom. The normalized spacial score (nSPS) is 12.6. The maximum absolute atomic E-state index is 6.33. The molecule has 0 radical (unpaired) electrons. The molecule has 106 valence electrons. The van der Waals surface area contributed by atoms with Crippen molar-refractivity contribution in [2.45, 2.75) is 0 Å². The van der Waals surface area contributed by atoms with Crippen LogP contribution < -0.4 is 5.73 Å². The molecule has 0 amide bonds. The average Bonchev–Trinajstić information content (AvgIpc) is 3.12. The average molecular weight is 318 g/mol. The number of hydrogen-bond acceptors (Lipinski definition) is 5. The number of imidazole rings is 1. The van der Waals surface area contributed by atoms with Gasteiger partial charge in [-0.05, 0) is 6.07 Å². The Bertz CT molecular complexity index is 833. The molecule has 0 spiro atoms. The van der Waals surface area contributed by atoms with Crippen LogP contribution in [0.25, 0.3) is 21.9 Å². The van der Waals surface area contributed by atoms with E-state index in [1.54, 1.807) is 37.0 Å². The van der Waals surface area contributed by atoms with Gasteiger partial charge in [-0.15, -0.1) is 11.3 Å². The molecule has 0 saturated heterocycles. The van der Waals surface area contributed by atoms with Crippen LogP contribution in [-0.4, -0.2) is 27.6 Å². The molecule has 0 bridgehead atoms. The largest absolute Gasteiger partial charge is 0.404 e. The quantitative estimate of drug-likeness (QED) is 0.755. The molecule has 0 saturated carbocycles. The highest BCUT2D eigenvalue weighted by atomic mass is 35.5. The van der Waals surface area contributed by atoms with E-state index in [1.807, 2.05) is 22.0 Å². The fourth-order valence-electron chi connectivity index (χ4n) is 2.06. The zero-order valence-electron chi connectivity index (χ0n) is 11.2. The number of nitrogens with two attached hydrogens (primary N) is 1. The van der Waals surface area contributed by atoms with Gasteiger partial charge in [-0.25, -0.2) is 9.97 Å². The first-order valence-corrected chi connectivity index (χ1v) is 7.41. The Hall–Kier alpha value is -2.18. The minimum absolute atomic E-state index is 0.555. The lowest BCUT2D eigenvalue weighted by molar-refractivity contribution is 1.17. The minimum Gasteiger partial charge on any atom is -0.404 e. The van der Waals surface area contributed by atoms with Crippen molar-refractivity contribution in [3.05, 3.63) is 46.8 Å². The van der Waals surface area contributed by atoms with Crippen LogP contribution in [0, 0.1) is 0 Å². The Balaban J connectivity index is 2.24. The number of nitrogens with zero attached hydrogens (tertiary/aromatic N) is 4. The molecular formula is C14H12ClN5S. The summed E-state index contributed by atoms with van der Waals surface area (Å²) in [6.45, 7) is 0. The van der Waals surface area contributed by atoms with Gasteiger partial charge in [0, 0.05) is 48.4 Å². The molecule has 0 unspecified atom stereocenters. The molecule has 2 N–H and O–H groups in total. The second kappa shape index (κ2) is 5.67. The summed E-state index contributed by atoms with van der Waals surface area (Å²) in [5, 5.41) is 3.37. The third-order valence-corrected chi connectivity index (χ3v) is 4.07. The van der Waals surface area contributed by atoms with Crippen molar-refractivity contribution >= 4 is 40.4 Å². The fraction of sp³-hybridized carbons (Fsp3) is 0.0714. The lowest BCUT2D eigenvalue weighted by atomic mass is 10.1. The molecule has 5 nitrogen and oxygen atoms in total. The molecule has 0 atom stereocenters. The predicted molar refractivity (Wildman–Crippen MR) is 87.9 cm³/mol. The van der Waals surface area contributed by atoms with Crippen LogP contribution in [0.4, 0.5) is 0 Å². The van der Waals surface area contributed by atoms with Crippen LogP contribution in [-0.2, 0) is 0 Å². The summed E-state index contributed by atoms with van der Waals surface area (Å²) < 4.78 is 1.92. The molecule has 3 aromatic heterocycles. The fourth-order valence-corrected chi connectivity index (χ4v) is 2.97. The van der Waals surface area contributed by atoms with Gasteiger partial charge in [-0.2, -0.15) is 0 Å². The van der Waals surface area contributed by atoms with Crippen LogP contribution >= 0.6 is 22.9 Å². The monoisotopic (exact) mass is 317 g/mol. The van der Waals surface area contributed by atoms with Gasteiger partial charge in [0.15, 0.2) is 5.65 Å². The van der Waals surface area contributed by atoms with Gasteiger partial charge >= 0.3 is 0 Å². The summed E-state index contributed by atoms with van der Waals surface area (Å²) in [5.74, 6) is 0. The van der Waals surface area contributed by atoms with E-state index in [4.69, 9.17) is 17.3 Å². The van der Waals surface area contributed by atoms with E-state index in [0.29, 0.717) is 10.7 Å². The van der Waals surface area contributed by atoms with Crippen LogP contribution in [0.3, 0.4) is 0 Å². The maximum Gasteiger partial charge on any atom is 0.156 e. The highest BCUT2D eigenvalue weighted by molar-refractivity contribution is 7.13. The highest BCUT2D eigenvalue weighted by Crippen LogP contribution is 2.28. The van der Waals surface area contributed by atoms with Crippen molar-refractivity contribution < 1.29 is 0 Å². The molecule has 0 aromatic carbocycles. The Morgan fingerprint density at radius 3 is 3.00 bits per heavy atom. The summed E-state index contributed by atoms with van der Waals surface area (Å²) in [7, 11) is 1.70.